The van der Waals surface area contributed by atoms with Gasteiger partial charge in [-0.15, -0.1) is 11.3 Å². The fraction of sp³-hybridized carbons (Fsp3) is 0.158. The molecule has 2 amide bonds. The third kappa shape index (κ3) is 4.72. The normalized spacial score (nSPS) is 11.8. The first-order valence-electron chi connectivity index (χ1n) is 7.94. The van der Waals surface area contributed by atoms with Gasteiger partial charge in [-0.2, -0.15) is 11.3 Å². The van der Waals surface area contributed by atoms with Crippen LogP contribution in [0, 0.1) is 0 Å². The summed E-state index contributed by atoms with van der Waals surface area (Å²) in [6.07, 6.45) is 0. The van der Waals surface area contributed by atoms with Gasteiger partial charge in [0.25, 0.3) is 5.91 Å². The number of thiophene rings is 2. The van der Waals surface area contributed by atoms with Crippen molar-refractivity contribution in [2.45, 2.75) is 19.5 Å². The molecule has 134 valence electrons. The van der Waals surface area contributed by atoms with E-state index in [2.05, 4.69) is 10.6 Å². The van der Waals surface area contributed by atoms with Crippen molar-refractivity contribution >= 4 is 46.1 Å². The summed E-state index contributed by atoms with van der Waals surface area (Å²) in [6, 6.07) is 12.9. The van der Waals surface area contributed by atoms with E-state index in [1.165, 1.54) is 18.3 Å². The second-order valence-corrected chi connectivity index (χ2v) is 8.08. The predicted octanol–water partition coefficient (Wildman–Crippen LogP) is 4.62. The van der Waals surface area contributed by atoms with Crippen LogP contribution in [0.2, 0.25) is 5.02 Å². The van der Waals surface area contributed by atoms with Crippen LogP contribution in [0.5, 0.6) is 0 Å². The van der Waals surface area contributed by atoms with Crippen molar-refractivity contribution in [3.05, 3.63) is 79.1 Å². The smallest absolute Gasteiger partial charge is 0.262 e. The Kier molecular flexibility index (Phi) is 6.08. The molecule has 1 atom stereocenters. The molecule has 0 spiro atoms. The maximum atomic E-state index is 12.7. The van der Waals surface area contributed by atoms with Crippen LogP contribution in [0.15, 0.2) is 53.2 Å². The monoisotopic (exact) mass is 404 g/mol. The molecule has 0 radical (unpaired) electrons. The summed E-state index contributed by atoms with van der Waals surface area (Å²) < 4.78 is 0. The molecule has 3 rings (SSSR count). The average molecular weight is 405 g/mol. The van der Waals surface area contributed by atoms with Crippen LogP contribution in [-0.2, 0) is 11.3 Å². The molecule has 1 unspecified atom stereocenters. The maximum Gasteiger partial charge on any atom is 0.262 e. The van der Waals surface area contributed by atoms with Crippen LogP contribution in [0.25, 0.3) is 0 Å². The van der Waals surface area contributed by atoms with Gasteiger partial charge in [-0.1, -0.05) is 23.7 Å². The Bertz CT molecular complexity index is 889. The molecule has 0 aliphatic carbocycles. The minimum atomic E-state index is -0.244. The van der Waals surface area contributed by atoms with Crippen molar-refractivity contribution in [2.75, 3.05) is 0 Å². The van der Waals surface area contributed by atoms with E-state index in [1.54, 1.807) is 17.4 Å². The summed E-state index contributed by atoms with van der Waals surface area (Å²) in [5, 5.41) is 10.5. The van der Waals surface area contributed by atoms with Crippen molar-refractivity contribution in [1.82, 2.24) is 10.6 Å². The van der Waals surface area contributed by atoms with Gasteiger partial charge in [0.2, 0.25) is 5.91 Å². The summed E-state index contributed by atoms with van der Waals surface area (Å²) in [5.41, 5.74) is 2.00. The first-order valence-corrected chi connectivity index (χ1v) is 10.1. The van der Waals surface area contributed by atoms with Crippen molar-refractivity contribution in [3.63, 3.8) is 0 Å². The number of carbonyl (C=O) groups excluding carboxylic acids is 2. The summed E-state index contributed by atoms with van der Waals surface area (Å²) in [4.78, 5) is 25.3. The number of carbonyl (C=O) groups is 2. The highest BCUT2D eigenvalue weighted by molar-refractivity contribution is 7.14. The maximum absolute atomic E-state index is 12.7. The van der Waals surface area contributed by atoms with Gasteiger partial charge in [-0.3, -0.25) is 9.59 Å². The van der Waals surface area contributed by atoms with E-state index in [1.807, 2.05) is 47.2 Å². The molecule has 0 aliphatic heterocycles. The van der Waals surface area contributed by atoms with Gasteiger partial charge in [0, 0.05) is 16.8 Å². The third-order valence-corrected chi connectivity index (χ3v) is 5.79. The Morgan fingerprint density at radius 2 is 1.85 bits per heavy atom. The molecule has 0 fully saturated rings. The topological polar surface area (TPSA) is 58.2 Å². The number of nitrogens with one attached hydrogen (secondary N) is 2. The summed E-state index contributed by atoms with van der Waals surface area (Å²) in [5.74, 6) is -0.236. The fourth-order valence-electron chi connectivity index (χ4n) is 2.46. The van der Waals surface area contributed by atoms with E-state index >= 15 is 0 Å². The van der Waals surface area contributed by atoms with E-state index in [0.29, 0.717) is 16.4 Å². The minimum Gasteiger partial charge on any atom is -0.351 e. The molecular weight excluding hydrogens is 388 g/mol. The fourth-order valence-corrected chi connectivity index (χ4v) is 4.13. The lowest BCUT2D eigenvalue weighted by molar-refractivity contribution is -0.119. The third-order valence-electron chi connectivity index (χ3n) is 3.75. The van der Waals surface area contributed by atoms with Gasteiger partial charge in [-0.25, -0.2) is 0 Å². The number of hydrogen-bond donors (Lipinski definition) is 2. The number of rotatable bonds is 6. The van der Waals surface area contributed by atoms with Gasteiger partial charge < -0.3 is 10.6 Å². The average Bonchev–Trinajstić information content (AvgIpc) is 3.30. The quantitative estimate of drug-likeness (QED) is 0.629. The summed E-state index contributed by atoms with van der Waals surface area (Å²) >= 11 is 8.95. The zero-order valence-electron chi connectivity index (χ0n) is 14.0. The minimum absolute atomic E-state index is 0.0929. The highest BCUT2D eigenvalue weighted by Gasteiger charge is 2.19. The molecule has 2 N–H and O–H groups in total. The van der Waals surface area contributed by atoms with Crippen LogP contribution < -0.4 is 10.6 Å². The molecule has 2 heterocycles. The second kappa shape index (κ2) is 8.49. The van der Waals surface area contributed by atoms with E-state index in [4.69, 9.17) is 11.6 Å². The van der Waals surface area contributed by atoms with Crippen molar-refractivity contribution < 1.29 is 9.59 Å². The highest BCUT2D eigenvalue weighted by Crippen LogP contribution is 2.26. The van der Waals surface area contributed by atoms with E-state index in [9.17, 15) is 9.59 Å². The Labute approximate surface area is 164 Å². The Hall–Kier alpha value is -2.15. The van der Waals surface area contributed by atoms with Crippen LogP contribution in [-0.4, -0.2) is 11.8 Å². The predicted molar refractivity (Wildman–Crippen MR) is 107 cm³/mol. The van der Waals surface area contributed by atoms with Gasteiger partial charge in [0.15, 0.2) is 0 Å². The zero-order valence-corrected chi connectivity index (χ0v) is 16.4. The SMILES string of the molecule is CC(=O)NCc1ccc(C(=O)NC(c2ccc(Cl)cc2)c2ccsc2)s1. The number of benzene rings is 1. The lowest BCUT2D eigenvalue weighted by Gasteiger charge is -2.18. The molecule has 0 bridgehead atoms. The van der Waals surface area contributed by atoms with Crippen LogP contribution in [0.3, 0.4) is 0 Å². The Morgan fingerprint density at radius 3 is 2.50 bits per heavy atom. The molecule has 0 aliphatic rings. The van der Waals surface area contributed by atoms with Gasteiger partial charge in [-0.05, 0) is 52.2 Å². The lowest BCUT2D eigenvalue weighted by atomic mass is 10.0. The van der Waals surface area contributed by atoms with Crippen LogP contribution in [0.4, 0.5) is 0 Å². The van der Waals surface area contributed by atoms with Crippen LogP contribution >= 0.6 is 34.3 Å². The molecule has 26 heavy (non-hydrogen) atoms. The van der Waals surface area contributed by atoms with E-state index in [-0.39, 0.29) is 17.9 Å². The largest absolute Gasteiger partial charge is 0.351 e. The van der Waals surface area contributed by atoms with Crippen molar-refractivity contribution in [1.29, 1.82) is 0 Å². The molecule has 2 aromatic heterocycles. The molecule has 4 nitrogen and oxygen atoms in total. The van der Waals surface area contributed by atoms with Crippen molar-refractivity contribution in [3.8, 4) is 0 Å². The van der Waals surface area contributed by atoms with E-state index in [0.717, 1.165) is 16.0 Å². The summed E-state index contributed by atoms with van der Waals surface area (Å²) in [7, 11) is 0. The lowest BCUT2D eigenvalue weighted by Crippen LogP contribution is -2.28. The van der Waals surface area contributed by atoms with Gasteiger partial charge in [0.1, 0.15) is 0 Å². The molecule has 1 aromatic carbocycles. The Balaban J connectivity index is 1.77. The zero-order chi connectivity index (χ0) is 18.5. The van der Waals surface area contributed by atoms with Gasteiger partial charge >= 0.3 is 0 Å². The first kappa shape index (κ1) is 18.6. The number of hydrogen-bond acceptors (Lipinski definition) is 4. The van der Waals surface area contributed by atoms with Gasteiger partial charge in [0.05, 0.1) is 17.5 Å². The molecule has 3 aromatic rings. The van der Waals surface area contributed by atoms with E-state index < -0.39 is 0 Å². The van der Waals surface area contributed by atoms with Crippen molar-refractivity contribution in [2.24, 2.45) is 0 Å². The number of amides is 2. The molecule has 0 saturated carbocycles. The molecule has 0 saturated heterocycles. The van der Waals surface area contributed by atoms with Crippen LogP contribution in [0.1, 0.15) is 38.6 Å². The second-order valence-electron chi connectivity index (χ2n) is 5.69. The highest BCUT2D eigenvalue weighted by atomic mass is 35.5. The number of halogens is 1. The molecular formula is C19H17ClN2O2S2. The standard InChI is InChI=1S/C19H17ClN2O2S2/c1-12(23)21-10-16-6-7-17(26-16)19(24)22-18(14-8-9-25-11-14)13-2-4-15(20)5-3-13/h2-9,11,18H,10H2,1H3,(H,21,23)(H,22,24). The molecule has 7 heteroatoms. The first-order chi connectivity index (χ1) is 12.5. The Morgan fingerprint density at radius 1 is 1.08 bits per heavy atom. The summed E-state index contributed by atoms with van der Waals surface area (Å²) in [6.45, 7) is 1.90.